The molecule has 0 aliphatic carbocycles. The number of ether oxygens (including phenoxy) is 1. The number of nitrogens with zero attached hydrogens (tertiary/aromatic N) is 2. The van der Waals surface area contributed by atoms with Crippen molar-refractivity contribution in [2.24, 2.45) is 0 Å². The van der Waals surface area contributed by atoms with Crippen molar-refractivity contribution in [1.82, 2.24) is 9.97 Å². The summed E-state index contributed by atoms with van der Waals surface area (Å²) in [5.74, 6) is -0.242. The number of anilines is 1. The molecule has 2 N–H and O–H groups in total. The number of nitrogen functional groups attached to an aromatic ring is 1. The van der Waals surface area contributed by atoms with Crippen LogP contribution in [0.1, 0.15) is 16.2 Å². The molecule has 1 aromatic heterocycles. The van der Waals surface area contributed by atoms with E-state index in [1.54, 1.807) is 18.5 Å². The third-order valence-corrected chi connectivity index (χ3v) is 3.02. The maximum absolute atomic E-state index is 11.9. The van der Waals surface area contributed by atoms with E-state index < -0.39 is 5.97 Å². The highest BCUT2D eigenvalue weighted by Gasteiger charge is 2.16. The molecule has 1 aromatic carbocycles. The van der Waals surface area contributed by atoms with Crippen molar-refractivity contribution in [1.29, 1.82) is 0 Å². The molecule has 0 spiro atoms. The second-order valence-corrected chi connectivity index (χ2v) is 4.39. The summed E-state index contributed by atoms with van der Waals surface area (Å²) < 4.78 is 5.04. The first kappa shape index (κ1) is 13.6. The SMILES string of the molecule is Nc1cc(Cl)c(Cl)c(C(=O)OCc2ncccn2)c1. The van der Waals surface area contributed by atoms with Gasteiger partial charge in [0.25, 0.3) is 0 Å². The van der Waals surface area contributed by atoms with Gasteiger partial charge in [0.05, 0.1) is 15.6 Å². The van der Waals surface area contributed by atoms with E-state index in [9.17, 15) is 4.79 Å². The van der Waals surface area contributed by atoms with Crippen LogP contribution in [0.2, 0.25) is 10.0 Å². The van der Waals surface area contributed by atoms with Gasteiger partial charge in [0.1, 0.15) is 0 Å². The molecule has 5 nitrogen and oxygen atoms in total. The van der Waals surface area contributed by atoms with E-state index in [4.69, 9.17) is 33.7 Å². The van der Waals surface area contributed by atoms with Gasteiger partial charge in [-0.1, -0.05) is 23.2 Å². The lowest BCUT2D eigenvalue weighted by molar-refractivity contribution is 0.0462. The molecule has 1 heterocycles. The first-order chi connectivity index (χ1) is 9.08. The molecule has 98 valence electrons. The zero-order valence-electron chi connectivity index (χ0n) is 9.64. The summed E-state index contributed by atoms with van der Waals surface area (Å²) in [7, 11) is 0. The number of hydrogen-bond donors (Lipinski definition) is 1. The van der Waals surface area contributed by atoms with Crippen LogP contribution in [0.5, 0.6) is 0 Å². The number of hydrogen-bond acceptors (Lipinski definition) is 5. The predicted molar refractivity (Wildman–Crippen MR) is 72.0 cm³/mol. The van der Waals surface area contributed by atoms with Crippen molar-refractivity contribution in [3.05, 3.63) is 52.0 Å². The molecule has 7 heteroatoms. The van der Waals surface area contributed by atoms with Crippen molar-refractivity contribution in [2.45, 2.75) is 6.61 Å². The van der Waals surface area contributed by atoms with Crippen LogP contribution in [0.25, 0.3) is 0 Å². The Hall–Kier alpha value is -1.85. The molecule has 0 radical (unpaired) electrons. The number of rotatable bonds is 3. The van der Waals surface area contributed by atoms with Gasteiger partial charge in [-0.3, -0.25) is 0 Å². The van der Waals surface area contributed by atoms with Crippen LogP contribution < -0.4 is 5.73 Å². The Kier molecular flexibility index (Phi) is 4.19. The van der Waals surface area contributed by atoms with Gasteiger partial charge in [0.15, 0.2) is 12.4 Å². The quantitative estimate of drug-likeness (QED) is 0.696. The summed E-state index contributed by atoms with van der Waals surface area (Å²) in [6.07, 6.45) is 3.11. The molecule has 0 saturated carbocycles. The minimum atomic E-state index is -0.633. The van der Waals surface area contributed by atoms with E-state index in [1.165, 1.54) is 12.1 Å². The zero-order valence-corrected chi connectivity index (χ0v) is 11.1. The maximum Gasteiger partial charge on any atom is 0.340 e. The summed E-state index contributed by atoms with van der Waals surface area (Å²) in [5.41, 5.74) is 6.04. The Labute approximate surface area is 119 Å². The third kappa shape index (κ3) is 3.33. The molecule has 0 aliphatic heterocycles. The largest absolute Gasteiger partial charge is 0.454 e. The summed E-state index contributed by atoms with van der Waals surface area (Å²) in [4.78, 5) is 19.7. The molecular formula is C12H9Cl2N3O2. The van der Waals surface area contributed by atoms with Crippen LogP contribution in [0.3, 0.4) is 0 Å². The standard InChI is InChI=1S/C12H9Cl2N3O2/c13-9-5-7(15)4-8(11(9)14)12(18)19-6-10-16-2-1-3-17-10/h1-5H,6,15H2. The second-order valence-electron chi connectivity index (χ2n) is 3.61. The van der Waals surface area contributed by atoms with Crippen LogP contribution in [0.4, 0.5) is 5.69 Å². The topological polar surface area (TPSA) is 78.1 Å². The highest BCUT2D eigenvalue weighted by atomic mass is 35.5. The maximum atomic E-state index is 11.9. The molecule has 0 atom stereocenters. The molecule has 0 bridgehead atoms. The Balaban J connectivity index is 2.13. The molecule has 2 aromatic rings. The van der Waals surface area contributed by atoms with Crippen molar-refractivity contribution in [3.63, 3.8) is 0 Å². The van der Waals surface area contributed by atoms with Crippen molar-refractivity contribution >= 4 is 34.9 Å². The van der Waals surface area contributed by atoms with E-state index >= 15 is 0 Å². The highest BCUT2D eigenvalue weighted by Crippen LogP contribution is 2.29. The monoisotopic (exact) mass is 297 g/mol. The fourth-order valence-corrected chi connectivity index (χ4v) is 1.78. The van der Waals surface area contributed by atoms with Gasteiger partial charge in [0, 0.05) is 18.1 Å². The predicted octanol–water partition coefficient (Wildman–Crippen LogP) is 2.72. The van der Waals surface area contributed by atoms with E-state index in [0.29, 0.717) is 11.5 Å². The second kappa shape index (κ2) is 5.86. The van der Waals surface area contributed by atoms with Crippen molar-refractivity contribution < 1.29 is 9.53 Å². The summed E-state index contributed by atoms with van der Waals surface area (Å²) >= 11 is 11.8. The third-order valence-electron chi connectivity index (χ3n) is 2.22. The van der Waals surface area contributed by atoms with Gasteiger partial charge < -0.3 is 10.5 Å². The highest BCUT2D eigenvalue weighted by molar-refractivity contribution is 6.44. The average molecular weight is 298 g/mol. The molecule has 0 fully saturated rings. The number of esters is 1. The Morgan fingerprint density at radius 3 is 2.63 bits per heavy atom. The van der Waals surface area contributed by atoms with Gasteiger partial charge in [0.2, 0.25) is 0 Å². The number of carbonyl (C=O) groups is 1. The number of halogens is 2. The van der Waals surface area contributed by atoms with Gasteiger partial charge in [-0.15, -0.1) is 0 Å². The Bertz CT molecular complexity index is 605. The molecule has 0 saturated heterocycles. The fraction of sp³-hybridized carbons (Fsp3) is 0.0833. The van der Waals surface area contributed by atoms with Gasteiger partial charge in [-0.05, 0) is 18.2 Å². The molecular weight excluding hydrogens is 289 g/mol. The first-order valence-electron chi connectivity index (χ1n) is 5.25. The first-order valence-corrected chi connectivity index (χ1v) is 6.01. The number of benzene rings is 1. The number of carbonyl (C=O) groups excluding carboxylic acids is 1. The lowest BCUT2D eigenvalue weighted by atomic mass is 10.2. The fourth-order valence-electron chi connectivity index (χ4n) is 1.37. The van der Waals surface area contributed by atoms with E-state index in [2.05, 4.69) is 9.97 Å². The van der Waals surface area contributed by atoms with Crippen LogP contribution in [0, 0.1) is 0 Å². The smallest absolute Gasteiger partial charge is 0.340 e. The van der Waals surface area contributed by atoms with Crippen molar-refractivity contribution in [3.8, 4) is 0 Å². The minimum Gasteiger partial charge on any atom is -0.454 e. The minimum absolute atomic E-state index is 0.0532. The number of aromatic nitrogens is 2. The Morgan fingerprint density at radius 2 is 1.95 bits per heavy atom. The molecule has 2 rings (SSSR count). The van der Waals surface area contributed by atoms with Gasteiger partial charge >= 0.3 is 5.97 Å². The van der Waals surface area contributed by atoms with E-state index in [-0.39, 0.29) is 22.2 Å². The molecule has 0 aliphatic rings. The molecule has 0 unspecified atom stereocenters. The number of nitrogens with two attached hydrogens (primary N) is 1. The van der Waals surface area contributed by atoms with Crippen LogP contribution in [0.15, 0.2) is 30.6 Å². The van der Waals surface area contributed by atoms with Gasteiger partial charge in [-0.25, -0.2) is 14.8 Å². The van der Waals surface area contributed by atoms with Crippen LogP contribution >= 0.6 is 23.2 Å². The Morgan fingerprint density at radius 1 is 1.26 bits per heavy atom. The molecule has 0 amide bonds. The lowest BCUT2D eigenvalue weighted by Crippen LogP contribution is -2.08. The molecule has 19 heavy (non-hydrogen) atoms. The average Bonchev–Trinajstić information content (AvgIpc) is 2.41. The van der Waals surface area contributed by atoms with Crippen molar-refractivity contribution in [2.75, 3.05) is 5.73 Å². The van der Waals surface area contributed by atoms with E-state index in [0.717, 1.165) is 0 Å². The summed E-state index contributed by atoms with van der Waals surface area (Å²) in [6.45, 7) is -0.0532. The lowest BCUT2D eigenvalue weighted by Gasteiger charge is -2.07. The van der Waals surface area contributed by atoms with Crippen LogP contribution in [-0.4, -0.2) is 15.9 Å². The summed E-state index contributed by atoms with van der Waals surface area (Å²) in [6, 6.07) is 4.53. The van der Waals surface area contributed by atoms with Gasteiger partial charge in [-0.2, -0.15) is 0 Å². The summed E-state index contributed by atoms with van der Waals surface area (Å²) in [5, 5.41) is 0.305. The normalized spacial score (nSPS) is 10.2. The zero-order chi connectivity index (χ0) is 13.8. The van der Waals surface area contributed by atoms with E-state index in [1.807, 2.05) is 0 Å². The van der Waals surface area contributed by atoms with Crippen LogP contribution in [-0.2, 0) is 11.3 Å².